The number of ether oxygens (including phenoxy) is 1. The lowest BCUT2D eigenvalue weighted by Crippen LogP contribution is -1.98. The molecule has 0 fully saturated rings. The van der Waals surface area contributed by atoms with Crippen LogP contribution in [0.25, 0.3) is 11.1 Å². The predicted octanol–water partition coefficient (Wildman–Crippen LogP) is 3.22. The summed E-state index contributed by atoms with van der Waals surface area (Å²) < 4.78 is 5.80. The molecule has 3 heterocycles. The molecule has 4 rings (SSSR count). The molecular formula is C17H14N4O. The fourth-order valence-corrected chi connectivity index (χ4v) is 2.62. The van der Waals surface area contributed by atoms with Crippen LogP contribution in [0.5, 0.6) is 5.75 Å². The highest BCUT2D eigenvalue weighted by Gasteiger charge is 2.22. The van der Waals surface area contributed by atoms with Crippen molar-refractivity contribution in [3.8, 4) is 16.9 Å². The van der Waals surface area contributed by atoms with E-state index in [0.717, 1.165) is 40.4 Å². The zero-order valence-corrected chi connectivity index (χ0v) is 11.9. The van der Waals surface area contributed by atoms with E-state index in [1.165, 1.54) is 6.33 Å². The molecule has 0 unspecified atom stereocenters. The van der Waals surface area contributed by atoms with E-state index in [9.17, 15) is 0 Å². The molecule has 1 aliphatic rings. The van der Waals surface area contributed by atoms with Crippen LogP contribution in [0.4, 0.5) is 11.5 Å². The van der Waals surface area contributed by atoms with Gasteiger partial charge in [-0.2, -0.15) is 0 Å². The Morgan fingerprint density at radius 2 is 1.82 bits per heavy atom. The molecule has 2 aromatic heterocycles. The highest BCUT2D eigenvalue weighted by molar-refractivity contribution is 5.75. The van der Waals surface area contributed by atoms with Crippen molar-refractivity contribution in [3.05, 3.63) is 60.8 Å². The lowest BCUT2D eigenvalue weighted by molar-refractivity contribution is 0.357. The third-order valence-electron chi connectivity index (χ3n) is 3.64. The molecule has 1 N–H and O–H groups in total. The fraction of sp³-hybridized carbons (Fsp3) is 0.118. The molecule has 22 heavy (non-hydrogen) atoms. The van der Waals surface area contributed by atoms with E-state index in [1.54, 1.807) is 12.4 Å². The fourth-order valence-electron chi connectivity index (χ4n) is 2.62. The highest BCUT2D eigenvalue weighted by Crippen LogP contribution is 2.39. The summed E-state index contributed by atoms with van der Waals surface area (Å²) in [6.07, 6.45) is 7.85. The van der Waals surface area contributed by atoms with Gasteiger partial charge in [-0.15, -0.1) is 0 Å². The first-order valence-corrected chi connectivity index (χ1v) is 7.14. The Labute approximate surface area is 128 Å². The van der Waals surface area contributed by atoms with Gasteiger partial charge in [0.15, 0.2) is 11.6 Å². The van der Waals surface area contributed by atoms with Gasteiger partial charge in [0.1, 0.15) is 6.33 Å². The van der Waals surface area contributed by atoms with Crippen LogP contribution in [0.2, 0.25) is 0 Å². The quantitative estimate of drug-likeness (QED) is 0.802. The van der Waals surface area contributed by atoms with Crippen LogP contribution in [0, 0.1) is 0 Å². The molecule has 108 valence electrons. The number of pyridine rings is 1. The number of anilines is 2. The van der Waals surface area contributed by atoms with E-state index in [0.29, 0.717) is 6.61 Å². The summed E-state index contributed by atoms with van der Waals surface area (Å²) in [5.41, 5.74) is 4.14. The van der Waals surface area contributed by atoms with Gasteiger partial charge >= 0.3 is 0 Å². The number of hydrogen-bond donors (Lipinski definition) is 1. The summed E-state index contributed by atoms with van der Waals surface area (Å²) >= 11 is 0. The highest BCUT2D eigenvalue weighted by atomic mass is 16.5. The molecule has 0 bridgehead atoms. The van der Waals surface area contributed by atoms with E-state index < -0.39 is 0 Å². The maximum atomic E-state index is 5.80. The number of benzene rings is 1. The number of para-hydroxylation sites is 1. The second-order valence-electron chi connectivity index (χ2n) is 5.04. The van der Waals surface area contributed by atoms with Gasteiger partial charge in [-0.1, -0.05) is 18.2 Å². The van der Waals surface area contributed by atoms with Gasteiger partial charge in [0.25, 0.3) is 0 Å². The minimum Gasteiger partial charge on any atom is -0.489 e. The Morgan fingerprint density at radius 1 is 1.00 bits per heavy atom. The van der Waals surface area contributed by atoms with Crippen LogP contribution in [0.1, 0.15) is 5.56 Å². The zero-order chi connectivity index (χ0) is 14.8. The van der Waals surface area contributed by atoms with Crippen LogP contribution in [-0.4, -0.2) is 21.6 Å². The minimum absolute atomic E-state index is 0.672. The molecule has 0 saturated carbocycles. The Hall–Kier alpha value is -2.95. The van der Waals surface area contributed by atoms with Gasteiger partial charge in [-0.05, 0) is 12.1 Å². The maximum absolute atomic E-state index is 5.80. The molecule has 5 nitrogen and oxygen atoms in total. The number of aromatic nitrogens is 3. The Bertz CT molecular complexity index is 791. The normalized spacial score (nSPS) is 12.5. The molecule has 0 spiro atoms. The zero-order valence-electron chi connectivity index (χ0n) is 11.9. The summed E-state index contributed by atoms with van der Waals surface area (Å²) in [6.45, 7) is 0.672. The van der Waals surface area contributed by atoms with Crippen molar-refractivity contribution >= 4 is 11.5 Å². The summed E-state index contributed by atoms with van der Waals surface area (Å²) in [4.78, 5) is 12.7. The van der Waals surface area contributed by atoms with E-state index >= 15 is 0 Å². The minimum atomic E-state index is 0.672. The number of fused-ring (bicyclic) bond motifs is 1. The molecule has 3 aromatic rings. The maximum Gasteiger partial charge on any atom is 0.173 e. The average Bonchev–Trinajstić information content (AvgIpc) is 3.07. The van der Waals surface area contributed by atoms with Gasteiger partial charge < -0.3 is 10.1 Å². The van der Waals surface area contributed by atoms with Crippen LogP contribution in [-0.2, 0) is 6.42 Å². The molecule has 0 amide bonds. The van der Waals surface area contributed by atoms with Gasteiger partial charge in [0.05, 0.1) is 6.61 Å². The summed E-state index contributed by atoms with van der Waals surface area (Å²) in [5, 5.41) is 3.32. The van der Waals surface area contributed by atoms with E-state index in [4.69, 9.17) is 4.74 Å². The molecule has 0 radical (unpaired) electrons. The third kappa shape index (κ3) is 2.26. The SMILES string of the molecule is c1ccc(Nc2ncc(-c3cncnc3)c3c2OCC3)cc1. The van der Waals surface area contributed by atoms with E-state index in [1.807, 2.05) is 36.5 Å². The van der Waals surface area contributed by atoms with Gasteiger partial charge in [-0.25, -0.2) is 15.0 Å². The first-order chi connectivity index (χ1) is 10.9. The topological polar surface area (TPSA) is 59.9 Å². The van der Waals surface area contributed by atoms with Crippen molar-refractivity contribution < 1.29 is 4.74 Å². The molecule has 5 heteroatoms. The van der Waals surface area contributed by atoms with Crippen LogP contribution in [0.3, 0.4) is 0 Å². The van der Waals surface area contributed by atoms with Crippen LogP contribution in [0.15, 0.2) is 55.2 Å². The second-order valence-corrected chi connectivity index (χ2v) is 5.04. The number of nitrogens with one attached hydrogen (secondary N) is 1. The summed E-state index contributed by atoms with van der Waals surface area (Å²) in [6, 6.07) is 9.96. The Balaban J connectivity index is 1.76. The number of hydrogen-bond acceptors (Lipinski definition) is 5. The first kappa shape index (κ1) is 12.8. The van der Waals surface area contributed by atoms with Crippen molar-refractivity contribution in [1.82, 2.24) is 15.0 Å². The third-order valence-corrected chi connectivity index (χ3v) is 3.64. The molecule has 0 aliphatic carbocycles. The largest absolute Gasteiger partial charge is 0.489 e. The summed E-state index contributed by atoms with van der Waals surface area (Å²) in [5.74, 6) is 1.57. The van der Waals surface area contributed by atoms with Crippen molar-refractivity contribution in [2.45, 2.75) is 6.42 Å². The smallest absolute Gasteiger partial charge is 0.173 e. The molecule has 0 atom stereocenters. The van der Waals surface area contributed by atoms with Gasteiger partial charge in [0.2, 0.25) is 0 Å². The van der Waals surface area contributed by atoms with Crippen LogP contribution >= 0.6 is 0 Å². The number of rotatable bonds is 3. The molecule has 1 aromatic carbocycles. The van der Waals surface area contributed by atoms with Gasteiger partial charge in [0, 0.05) is 47.4 Å². The monoisotopic (exact) mass is 290 g/mol. The van der Waals surface area contributed by atoms with E-state index in [-0.39, 0.29) is 0 Å². The van der Waals surface area contributed by atoms with Gasteiger partial charge in [-0.3, -0.25) is 0 Å². The van der Waals surface area contributed by atoms with Crippen molar-refractivity contribution in [2.24, 2.45) is 0 Å². The molecule has 0 saturated heterocycles. The van der Waals surface area contributed by atoms with Crippen molar-refractivity contribution in [2.75, 3.05) is 11.9 Å². The Morgan fingerprint density at radius 3 is 2.64 bits per heavy atom. The standard InChI is InChI=1S/C17H14N4O/c1-2-4-13(5-3-1)21-17-16-14(6-7-22-16)15(10-20-17)12-8-18-11-19-9-12/h1-5,8-11H,6-7H2,(H,20,21). The van der Waals surface area contributed by atoms with E-state index in [2.05, 4.69) is 20.3 Å². The predicted molar refractivity (Wildman–Crippen MR) is 84.2 cm³/mol. The lowest BCUT2D eigenvalue weighted by Gasteiger charge is -2.12. The lowest BCUT2D eigenvalue weighted by atomic mass is 10.0. The van der Waals surface area contributed by atoms with Crippen LogP contribution < -0.4 is 10.1 Å². The Kier molecular flexibility index (Phi) is 3.16. The van der Waals surface area contributed by atoms with Crippen molar-refractivity contribution in [1.29, 1.82) is 0 Å². The first-order valence-electron chi connectivity index (χ1n) is 7.14. The number of nitrogens with zero attached hydrogens (tertiary/aromatic N) is 3. The average molecular weight is 290 g/mol. The van der Waals surface area contributed by atoms with Crippen molar-refractivity contribution in [3.63, 3.8) is 0 Å². The molecule has 1 aliphatic heterocycles. The molecular weight excluding hydrogens is 276 g/mol. The summed E-state index contributed by atoms with van der Waals surface area (Å²) in [7, 11) is 0. The second kappa shape index (κ2) is 5.44.